The van der Waals surface area contributed by atoms with Crippen LogP contribution >= 0.6 is 22.6 Å². The first kappa shape index (κ1) is 9.97. The van der Waals surface area contributed by atoms with Crippen molar-refractivity contribution in [3.63, 3.8) is 0 Å². The second kappa shape index (κ2) is 3.89. The standard InChI is InChI=1S/C13H13I/c1-13(14)9-7-12(8-10-13)11-5-3-2-4-6-11/h2-9H,10H2,1H3/t13-/m1/s1. The highest BCUT2D eigenvalue weighted by Gasteiger charge is 2.18. The number of hydrogen-bond acceptors (Lipinski definition) is 0. The molecule has 0 heterocycles. The molecule has 0 radical (unpaired) electrons. The summed E-state index contributed by atoms with van der Waals surface area (Å²) in [5.41, 5.74) is 2.66. The molecular formula is C13H13I. The van der Waals surface area contributed by atoms with Crippen LogP contribution in [0.2, 0.25) is 0 Å². The molecule has 0 nitrogen and oxygen atoms in total. The average molecular weight is 296 g/mol. The molecule has 0 fully saturated rings. The van der Waals surface area contributed by atoms with Crippen LogP contribution in [-0.2, 0) is 0 Å². The lowest BCUT2D eigenvalue weighted by atomic mass is 9.94. The zero-order valence-electron chi connectivity index (χ0n) is 8.20. The molecule has 0 spiro atoms. The maximum Gasteiger partial charge on any atom is 0.0410 e. The fourth-order valence-electron chi connectivity index (χ4n) is 1.55. The first-order chi connectivity index (χ1) is 6.67. The molecule has 0 aromatic heterocycles. The van der Waals surface area contributed by atoms with E-state index >= 15 is 0 Å². The molecule has 0 unspecified atom stereocenters. The Bertz CT molecular complexity index is 371. The van der Waals surface area contributed by atoms with Crippen LogP contribution in [0.15, 0.2) is 48.6 Å². The van der Waals surface area contributed by atoms with E-state index in [4.69, 9.17) is 0 Å². The minimum Gasteiger partial charge on any atom is -0.0750 e. The Labute approximate surface area is 98.9 Å². The topological polar surface area (TPSA) is 0 Å². The first-order valence-electron chi connectivity index (χ1n) is 4.81. The summed E-state index contributed by atoms with van der Waals surface area (Å²) in [7, 11) is 0. The van der Waals surface area contributed by atoms with Crippen LogP contribution < -0.4 is 0 Å². The molecule has 0 N–H and O–H groups in total. The van der Waals surface area contributed by atoms with Crippen molar-refractivity contribution in [1.29, 1.82) is 0 Å². The van der Waals surface area contributed by atoms with Gasteiger partial charge in [0.25, 0.3) is 0 Å². The van der Waals surface area contributed by atoms with Crippen molar-refractivity contribution in [3.8, 4) is 0 Å². The third-order valence-corrected chi connectivity index (χ3v) is 3.24. The molecule has 1 aliphatic carbocycles. The highest BCUT2D eigenvalue weighted by Crippen LogP contribution is 2.32. The smallest absolute Gasteiger partial charge is 0.0410 e. The van der Waals surface area contributed by atoms with E-state index in [-0.39, 0.29) is 0 Å². The van der Waals surface area contributed by atoms with Crippen LogP contribution in [0.1, 0.15) is 18.9 Å². The van der Waals surface area contributed by atoms with E-state index in [1.165, 1.54) is 11.1 Å². The summed E-state index contributed by atoms with van der Waals surface area (Å²) in [5, 5.41) is 0. The number of halogens is 1. The van der Waals surface area contributed by atoms with Gasteiger partial charge in [0.15, 0.2) is 0 Å². The van der Waals surface area contributed by atoms with Crippen molar-refractivity contribution < 1.29 is 0 Å². The van der Waals surface area contributed by atoms with Crippen molar-refractivity contribution in [2.45, 2.75) is 16.8 Å². The van der Waals surface area contributed by atoms with Gasteiger partial charge in [0.2, 0.25) is 0 Å². The Balaban J connectivity index is 2.25. The Morgan fingerprint density at radius 1 is 1.21 bits per heavy atom. The Hall–Kier alpha value is -0.570. The van der Waals surface area contributed by atoms with Crippen LogP contribution in [0, 0.1) is 0 Å². The molecule has 1 atom stereocenters. The van der Waals surface area contributed by atoms with Crippen molar-refractivity contribution in [1.82, 2.24) is 0 Å². The SMILES string of the molecule is C[C@@]1(I)C=CC(c2ccccc2)=CC1. The van der Waals surface area contributed by atoms with Crippen LogP contribution in [0.3, 0.4) is 0 Å². The van der Waals surface area contributed by atoms with Gasteiger partial charge in [-0.25, -0.2) is 0 Å². The summed E-state index contributed by atoms with van der Waals surface area (Å²) < 4.78 is 0.302. The molecule has 0 amide bonds. The zero-order valence-corrected chi connectivity index (χ0v) is 10.4. The van der Waals surface area contributed by atoms with Crippen molar-refractivity contribution in [3.05, 3.63) is 54.1 Å². The van der Waals surface area contributed by atoms with Gasteiger partial charge in [-0.3, -0.25) is 0 Å². The summed E-state index contributed by atoms with van der Waals surface area (Å²) in [6, 6.07) is 10.5. The van der Waals surface area contributed by atoms with Gasteiger partial charge in [-0.1, -0.05) is 71.2 Å². The molecule has 0 saturated carbocycles. The molecule has 0 saturated heterocycles. The van der Waals surface area contributed by atoms with Gasteiger partial charge in [-0.05, 0) is 24.5 Å². The van der Waals surface area contributed by atoms with Gasteiger partial charge < -0.3 is 0 Å². The first-order valence-corrected chi connectivity index (χ1v) is 5.89. The van der Waals surface area contributed by atoms with E-state index in [1.807, 2.05) is 0 Å². The minimum absolute atomic E-state index is 0.302. The maximum absolute atomic E-state index is 2.49. The molecule has 2 rings (SSSR count). The number of benzene rings is 1. The van der Waals surface area contributed by atoms with Gasteiger partial charge in [0.05, 0.1) is 0 Å². The van der Waals surface area contributed by atoms with E-state index in [9.17, 15) is 0 Å². The van der Waals surface area contributed by atoms with Crippen LogP contribution in [0.4, 0.5) is 0 Å². The number of allylic oxidation sites excluding steroid dienone is 4. The van der Waals surface area contributed by atoms with E-state index in [1.54, 1.807) is 0 Å². The molecule has 1 aromatic rings. The Morgan fingerprint density at radius 2 is 1.93 bits per heavy atom. The van der Waals surface area contributed by atoms with Gasteiger partial charge in [-0.15, -0.1) is 0 Å². The van der Waals surface area contributed by atoms with Gasteiger partial charge in [0, 0.05) is 3.42 Å². The van der Waals surface area contributed by atoms with E-state index in [0.717, 1.165) is 6.42 Å². The molecule has 1 aliphatic rings. The molecule has 0 aliphatic heterocycles. The second-order valence-corrected chi connectivity index (χ2v) is 6.31. The fraction of sp³-hybridized carbons (Fsp3) is 0.231. The lowest BCUT2D eigenvalue weighted by Gasteiger charge is -2.20. The molecule has 1 heteroatoms. The summed E-state index contributed by atoms with van der Waals surface area (Å²) in [5.74, 6) is 0. The van der Waals surface area contributed by atoms with Crippen LogP contribution in [0.25, 0.3) is 5.57 Å². The average Bonchev–Trinajstić information content (AvgIpc) is 2.19. The van der Waals surface area contributed by atoms with E-state index < -0.39 is 0 Å². The minimum atomic E-state index is 0.302. The van der Waals surface area contributed by atoms with Crippen molar-refractivity contribution >= 4 is 28.2 Å². The molecular weight excluding hydrogens is 283 g/mol. The highest BCUT2D eigenvalue weighted by atomic mass is 127. The molecule has 14 heavy (non-hydrogen) atoms. The normalized spacial score (nSPS) is 26.0. The monoisotopic (exact) mass is 296 g/mol. The van der Waals surface area contributed by atoms with Gasteiger partial charge in [0.1, 0.15) is 0 Å². The summed E-state index contributed by atoms with van der Waals surface area (Å²) in [4.78, 5) is 0. The summed E-state index contributed by atoms with van der Waals surface area (Å²) in [6.45, 7) is 2.25. The Kier molecular flexibility index (Phi) is 2.77. The van der Waals surface area contributed by atoms with Gasteiger partial charge >= 0.3 is 0 Å². The van der Waals surface area contributed by atoms with Crippen LogP contribution in [-0.4, -0.2) is 3.42 Å². The fourth-order valence-corrected chi connectivity index (χ4v) is 1.95. The highest BCUT2D eigenvalue weighted by molar-refractivity contribution is 14.1. The summed E-state index contributed by atoms with van der Waals surface area (Å²) >= 11 is 2.49. The summed E-state index contributed by atoms with van der Waals surface area (Å²) in [6.07, 6.45) is 7.96. The Morgan fingerprint density at radius 3 is 2.50 bits per heavy atom. The van der Waals surface area contributed by atoms with Crippen molar-refractivity contribution in [2.24, 2.45) is 0 Å². The number of alkyl halides is 1. The van der Waals surface area contributed by atoms with Crippen molar-refractivity contribution in [2.75, 3.05) is 0 Å². The second-order valence-electron chi connectivity index (χ2n) is 3.84. The lowest BCUT2D eigenvalue weighted by Crippen LogP contribution is -2.12. The molecule has 72 valence electrons. The van der Waals surface area contributed by atoms with E-state index in [2.05, 4.69) is 78.1 Å². The van der Waals surface area contributed by atoms with E-state index in [0.29, 0.717) is 3.42 Å². The molecule has 0 bridgehead atoms. The third kappa shape index (κ3) is 2.27. The predicted octanol–water partition coefficient (Wildman–Crippen LogP) is 4.22. The molecule has 1 aromatic carbocycles. The predicted molar refractivity (Wildman–Crippen MR) is 70.6 cm³/mol. The van der Waals surface area contributed by atoms with Crippen LogP contribution in [0.5, 0.6) is 0 Å². The number of rotatable bonds is 1. The number of hydrogen-bond donors (Lipinski definition) is 0. The van der Waals surface area contributed by atoms with Gasteiger partial charge in [-0.2, -0.15) is 0 Å². The lowest BCUT2D eigenvalue weighted by molar-refractivity contribution is 0.839. The quantitative estimate of drug-likeness (QED) is 0.537. The maximum atomic E-state index is 2.49. The largest absolute Gasteiger partial charge is 0.0750 e. The third-order valence-electron chi connectivity index (χ3n) is 2.44. The zero-order chi connectivity index (χ0) is 10.0.